The topological polar surface area (TPSA) is 64.1 Å². The Bertz CT molecular complexity index is 649. The number of rotatable bonds is 2. The summed E-state index contributed by atoms with van der Waals surface area (Å²) in [6.07, 6.45) is 0. The van der Waals surface area contributed by atoms with Gasteiger partial charge in [0.1, 0.15) is 5.02 Å². The van der Waals surface area contributed by atoms with Crippen LogP contribution in [0.25, 0.3) is 0 Å². The second-order valence-electron chi connectivity index (χ2n) is 3.81. The maximum atomic E-state index is 14.0. The lowest BCUT2D eigenvalue weighted by Crippen LogP contribution is -2.03. The zero-order chi connectivity index (χ0) is 14.2. The van der Waals surface area contributed by atoms with Gasteiger partial charge in [-0.15, -0.1) is 0 Å². The van der Waals surface area contributed by atoms with E-state index in [0.29, 0.717) is 10.7 Å². The minimum absolute atomic E-state index is 0.0577. The molecule has 2 aromatic carbocycles. The number of halogens is 4. The summed E-state index contributed by atoms with van der Waals surface area (Å²) in [6, 6.07) is 6.71. The van der Waals surface area contributed by atoms with Gasteiger partial charge in [-0.3, -0.25) is 0 Å². The van der Waals surface area contributed by atoms with Crippen LogP contribution in [0.4, 0.5) is 27.1 Å². The zero-order valence-electron chi connectivity index (χ0n) is 9.48. The van der Waals surface area contributed by atoms with E-state index in [4.69, 9.17) is 34.7 Å². The Morgan fingerprint density at radius 3 is 2.42 bits per heavy atom. The fourth-order valence-corrected chi connectivity index (χ4v) is 2.57. The molecule has 100 valence electrons. The Kier molecular flexibility index (Phi) is 4.27. The molecule has 0 aliphatic rings. The number of hydrogen-bond acceptors (Lipinski definition) is 3. The number of nitrogen functional groups attached to an aromatic ring is 2. The molecule has 19 heavy (non-hydrogen) atoms. The molecule has 0 aromatic heterocycles. The van der Waals surface area contributed by atoms with Crippen molar-refractivity contribution in [2.24, 2.45) is 0 Å². The molecule has 0 spiro atoms. The highest BCUT2D eigenvalue weighted by Crippen LogP contribution is 2.37. The molecule has 5 N–H and O–H groups in total. The van der Waals surface area contributed by atoms with E-state index in [-0.39, 0.29) is 22.1 Å². The monoisotopic (exact) mass is 411 g/mol. The van der Waals surface area contributed by atoms with Crippen LogP contribution in [-0.4, -0.2) is 0 Å². The van der Waals surface area contributed by atoms with Crippen LogP contribution in [0.5, 0.6) is 0 Å². The third kappa shape index (κ3) is 2.98. The van der Waals surface area contributed by atoms with Gasteiger partial charge in [0.2, 0.25) is 0 Å². The average Bonchev–Trinajstić information content (AvgIpc) is 2.34. The molecule has 2 aromatic rings. The van der Waals surface area contributed by atoms with Crippen molar-refractivity contribution in [2.45, 2.75) is 0 Å². The number of benzene rings is 2. The lowest BCUT2D eigenvalue weighted by Gasteiger charge is -2.14. The third-order valence-corrected chi connectivity index (χ3v) is 3.82. The van der Waals surface area contributed by atoms with Gasteiger partial charge in [0.05, 0.1) is 27.8 Å². The summed E-state index contributed by atoms with van der Waals surface area (Å²) in [5.74, 6) is -0.700. The minimum atomic E-state index is -0.700. The molecule has 0 atom stereocenters. The van der Waals surface area contributed by atoms with Crippen molar-refractivity contribution in [3.63, 3.8) is 0 Å². The van der Waals surface area contributed by atoms with Crippen molar-refractivity contribution < 1.29 is 4.39 Å². The molecular formula is C12H9Cl2FIN3. The lowest BCUT2D eigenvalue weighted by molar-refractivity contribution is 0.633. The van der Waals surface area contributed by atoms with Crippen molar-refractivity contribution in [3.05, 3.63) is 43.7 Å². The Morgan fingerprint density at radius 1 is 1.11 bits per heavy atom. The van der Waals surface area contributed by atoms with Crippen LogP contribution in [0.15, 0.2) is 24.3 Å². The normalized spacial score (nSPS) is 10.5. The fourth-order valence-electron chi connectivity index (χ4n) is 1.52. The van der Waals surface area contributed by atoms with Crippen molar-refractivity contribution in [1.29, 1.82) is 0 Å². The molecule has 0 saturated carbocycles. The molecule has 0 amide bonds. The highest BCUT2D eigenvalue weighted by molar-refractivity contribution is 14.1. The first-order chi connectivity index (χ1) is 8.90. The first-order valence-electron chi connectivity index (χ1n) is 5.15. The second kappa shape index (κ2) is 5.60. The van der Waals surface area contributed by atoms with Crippen LogP contribution < -0.4 is 16.8 Å². The largest absolute Gasteiger partial charge is 0.397 e. The van der Waals surface area contributed by atoms with Gasteiger partial charge >= 0.3 is 0 Å². The number of nitrogens with two attached hydrogens (primary N) is 2. The second-order valence-corrected chi connectivity index (χ2v) is 5.84. The van der Waals surface area contributed by atoms with Crippen molar-refractivity contribution >= 4 is 68.5 Å². The number of hydrogen-bond donors (Lipinski definition) is 3. The Labute approximate surface area is 133 Å². The van der Waals surface area contributed by atoms with Gasteiger partial charge in [-0.25, -0.2) is 4.39 Å². The lowest BCUT2D eigenvalue weighted by atomic mass is 10.2. The molecule has 0 aliphatic carbocycles. The Morgan fingerprint density at radius 2 is 1.79 bits per heavy atom. The van der Waals surface area contributed by atoms with E-state index in [0.717, 1.165) is 3.57 Å². The molecule has 0 saturated heterocycles. The minimum Gasteiger partial charge on any atom is -0.397 e. The Hall–Kier alpha value is -0.920. The maximum Gasteiger partial charge on any atom is 0.169 e. The van der Waals surface area contributed by atoms with Gasteiger partial charge < -0.3 is 16.8 Å². The summed E-state index contributed by atoms with van der Waals surface area (Å²) < 4.78 is 15.0. The van der Waals surface area contributed by atoms with Crippen molar-refractivity contribution in [2.75, 3.05) is 16.8 Å². The van der Waals surface area contributed by atoms with Gasteiger partial charge in [0.15, 0.2) is 5.82 Å². The average molecular weight is 412 g/mol. The molecule has 7 heteroatoms. The fraction of sp³-hybridized carbons (Fsp3) is 0. The molecule has 0 fully saturated rings. The highest BCUT2D eigenvalue weighted by atomic mass is 127. The van der Waals surface area contributed by atoms with Crippen LogP contribution >= 0.6 is 45.8 Å². The Balaban J connectivity index is 2.47. The smallest absolute Gasteiger partial charge is 0.169 e. The van der Waals surface area contributed by atoms with E-state index >= 15 is 0 Å². The van der Waals surface area contributed by atoms with E-state index in [1.807, 2.05) is 6.07 Å². The van der Waals surface area contributed by atoms with Crippen molar-refractivity contribution in [1.82, 2.24) is 0 Å². The van der Waals surface area contributed by atoms with Crippen LogP contribution in [0.2, 0.25) is 10.0 Å². The molecular weight excluding hydrogens is 403 g/mol. The van der Waals surface area contributed by atoms with Crippen LogP contribution in [-0.2, 0) is 0 Å². The van der Waals surface area contributed by atoms with Crippen LogP contribution in [0.1, 0.15) is 0 Å². The summed E-state index contributed by atoms with van der Waals surface area (Å²) in [7, 11) is 0. The summed E-state index contributed by atoms with van der Waals surface area (Å²) in [5, 5.41) is 3.12. The quantitative estimate of drug-likeness (QED) is 0.498. The molecule has 0 radical (unpaired) electrons. The SMILES string of the molecule is Nc1cc(N)c(Nc2ccc(I)cc2Cl)c(F)c1Cl. The van der Waals surface area contributed by atoms with E-state index in [1.54, 1.807) is 12.1 Å². The van der Waals surface area contributed by atoms with Crippen molar-refractivity contribution in [3.8, 4) is 0 Å². The van der Waals surface area contributed by atoms with E-state index in [9.17, 15) is 4.39 Å². The molecule has 2 rings (SSSR count). The predicted octanol–water partition coefficient (Wildman–Crippen LogP) is 4.65. The maximum absolute atomic E-state index is 14.0. The summed E-state index contributed by atoms with van der Waals surface area (Å²) in [6.45, 7) is 0. The first-order valence-corrected chi connectivity index (χ1v) is 6.98. The van der Waals surface area contributed by atoms with Gasteiger partial charge in [0.25, 0.3) is 0 Å². The van der Waals surface area contributed by atoms with E-state index in [2.05, 4.69) is 27.9 Å². The molecule has 0 heterocycles. The van der Waals surface area contributed by atoms with Crippen LogP contribution in [0.3, 0.4) is 0 Å². The molecule has 0 aliphatic heterocycles. The zero-order valence-corrected chi connectivity index (χ0v) is 13.1. The summed E-state index contributed by atoms with van der Waals surface area (Å²) in [4.78, 5) is 0. The third-order valence-electron chi connectivity index (χ3n) is 2.46. The van der Waals surface area contributed by atoms with Gasteiger partial charge in [0, 0.05) is 3.57 Å². The van der Waals surface area contributed by atoms with Gasteiger partial charge in [-0.2, -0.15) is 0 Å². The summed E-state index contributed by atoms with van der Waals surface area (Å²) >= 11 is 14.0. The highest BCUT2D eigenvalue weighted by Gasteiger charge is 2.15. The number of anilines is 4. The predicted molar refractivity (Wildman–Crippen MR) is 87.7 cm³/mol. The van der Waals surface area contributed by atoms with Gasteiger partial charge in [-0.1, -0.05) is 23.2 Å². The molecule has 3 nitrogen and oxygen atoms in total. The van der Waals surface area contributed by atoms with Crippen LogP contribution in [0, 0.1) is 9.39 Å². The summed E-state index contributed by atoms with van der Waals surface area (Å²) in [5.41, 5.74) is 12.1. The number of nitrogens with one attached hydrogen (secondary N) is 1. The molecule has 0 bridgehead atoms. The van der Waals surface area contributed by atoms with E-state index < -0.39 is 5.82 Å². The standard InChI is InChI=1S/C12H9Cl2FIN3/c13-6-3-5(16)1-2-9(6)19-12-8(18)4-7(17)10(14)11(12)15/h1-4,19H,17-18H2. The first kappa shape index (κ1) is 14.5. The molecule has 0 unspecified atom stereocenters. The van der Waals surface area contributed by atoms with E-state index in [1.165, 1.54) is 6.07 Å². The van der Waals surface area contributed by atoms with Gasteiger partial charge in [-0.05, 0) is 46.9 Å².